The van der Waals surface area contributed by atoms with E-state index in [0.29, 0.717) is 12.3 Å². The molecule has 0 radical (unpaired) electrons. The number of carbonyl (C=O) groups excluding carboxylic acids is 1. The minimum atomic E-state index is 0.169. The van der Waals surface area contributed by atoms with Crippen LogP contribution in [0.25, 0.3) is 0 Å². The van der Waals surface area contributed by atoms with Crippen molar-refractivity contribution in [1.29, 1.82) is 0 Å². The maximum Gasteiger partial charge on any atom is 0.166 e. The normalized spacial score (nSPS) is 13.0. The number of ketones is 1. The minimum absolute atomic E-state index is 0.169. The number of aryl methyl sites for hydroxylation is 2. The van der Waals surface area contributed by atoms with E-state index in [4.69, 9.17) is 0 Å². The first-order chi connectivity index (χ1) is 9.97. The van der Waals surface area contributed by atoms with Crippen molar-refractivity contribution >= 4 is 5.78 Å². The Labute approximate surface area is 129 Å². The zero-order valence-electron chi connectivity index (χ0n) is 13.9. The second kappa shape index (κ2) is 8.61. The van der Waals surface area contributed by atoms with Gasteiger partial charge < -0.3 is 0 Å². The van der Waals surface area contributed by atoms with Gasteiger partial charge in [-0.15, -0.1) is 0 Å². The van der Waals surface area contributed by atoms with Crippen LogP contribution in [0.15, 0.2) is 42.5 Å². The number of hydrogen-bond donors (Lipinski definition) is 0. The van der Waals surface area contributed by atoms with Crippen LogP contribution in [-0.2, 0) is 11.2 Å². The number of allylic oxidation sites excluding steroid dienone is 3. The number of benzene rings is 1. The van der Waals surface area contributed by atoms with E-state index in [9.17, 15) is 4.79 Å². The van der Waals surface area contributed by atoms with Gasteiger partial charge in [0, 0.05) is 12.0 Å². The van der Waals surface area contributed by atoms with Crippen molar-refractivity contribution in [2.45, 2.75) is 53.4 Å². The van der Waals surface area contributed by atoms with Crippen LogP contribution < -0.4 is 0 Å². The average Bonchev–Trinajstić information content (AvgIpc) is 2.47. The van der Waals surface area contributed by atoms with Gasteiger partial charge in [-0.05, 0) is 43.7 Å². The Kier molecular flexibility index (Phi) is 7.14. The third kappa shape index (κ3) is 5.71. The van der Waals surface area contributed by atoms with Crippen molar-refractivity contribution in [3.05, 3.63) is 59.2 Å². The predicted octanol–water partition coefficient (Wildman–Crippen LogP) is 5.35. The van der Waals surface area contributed by atoms with Crippen molar-refractivity contribution in [3.8, 4) is 0 Å². The molecule has 0 spiro atoms. The van der Waals surface area contributed by atoms with Crippen LogP contribution in [0, 0.1) is 19.8 Å². The van der Waals surface area contributed by atoms with Crippen molar-refractivity contribution in [1.82, 2.24) is 0 Å². The van der Waals surface area contributed by atoms with Gasteiger partial charge in [-0.3, -0.25) is 4.79 Å². The Morgan fingerprint density at radius 3 is 2.67 bits per heavy atom. The molecule has 0 aliphatic rings. The summed E-state index contributed by atoms with van der Waals surface area (Å²) in [6.45, 7) is 12.4. The summed E-state index contributed by atoms with van der Waals surface area (Å²) < 4.78 is 0. The van der Waals surface area contributed by atoms with Crippen LogP contribution in [0.3, 0.4) is 0 Å². The van der Waals surface area contributed by atoms with Crippen molar-refractivity contribution in [3.63, 3.8) is 0 Å². The molecule has 1 heteroatoms. The van der Waals surface area contributed by atoms with Gasteiger partial charge in [-0.2, -0.15) is 0 Å². The molecule has 0 fully saturated rings. The van der Waals surface area contributed by atoms with Gasteiger partial charge in [0.05, 0.1) is 0 Å². The lowest BCUT2D eigenvalue weighted by atomic mass is 9.96. The van der Waals surface area contributed by atoms with E-state index in [1.54, 1.807) is 6.08 Å². The molecule has 0 bridgehead atoms. The lowest BCUT2D eigenvalue weighted by Crippen LogP contribution is -2.06. The van der Waals surface area contributed by atoms with Gasteiger partial charge in [0.1, 0.15) is 0 Å². The quantitative estimate of drug-likeness (QED) is 0.464. The Bertz CT molecular complexity index is 523. The van der Waals surface area contributed by atoms with Crippen molar-refractivity contribution in [2.75, 3.05) is 0 Å². The molecule has 0 aliphatic carbocycles. The first-order valence-corrected chi connectivity index (χ1v) is 7.89. The zero-order valence-corrected chi connectivity index (χ0v) is 13.9. The molecular weight excluding hydrogens is 256 g/mol. The monoisotopic (exact) mass is 284 g/mol. The molecule has 0 aromatic heterocycles. The fourth-order valence-corrected chi connectivity index (χ4v) is 2.30. The molecule has 1 nitrogen and oxygen atoms in total. The number of carbonyl (C=O) groups is 1. The van der Waals surface area contributed by atoms with E-state index in [1.807, 2.05) is 6.08 Å². The highest BCUT2D eigenvalue weighted by Gasteiger charge is 2.09. The van der Waals surface area contributed by atoms with Gasteiger partial charge in [0.2, 0.25) is 0 Å². The standard InChI is InChI=1S/C20H28O/c1-6-15(3)9-8-10-18(7-2)20(21)14-19-13-16(4)11-12-17(19)5/h7,10-13,15H,2,6,8-9,14H2,1,3-5H3/b18-10+. The molecular formula is C20H28O. The van der Waals surface area contributed by atoms with Gasteiger partial charge in [-0.25, -0.2) is 0 Å². The van der Waals surface area contributed by atoms with E-state index in [1.165, 1.54) is 17.5 Å². The first-order valence-electron chi connectivity index (χ1n) is 7.89. The van der Waals surface area contributed by atoms with Gasteiger partial charge in [-0.1, -0.05) is 62.8 Å². The summed E-state index contributed by atoms with van der Waals surface area (Å²) in [6, 6.07) is 6.27. The highest BCUT2D eigenvalue weighted by molar-refractivity contribution is 5.99. The molecule has 0 N–H and O–H groups in total. The predicted molar refractivity (Wildman–Crippen MR) is 91.6 cm³/mol. The van der Waals surface area contributed by atoms with Crippen molar-refractivity contribution in [2.24, 2.45) is 5.92 Å². The Balaban J connectivity index is 2.73. The highest BCUT2D eigenvalue weighted by atomic mass is 16.1. The summed E-state index contributed by atoms with van der Waals surface area (Å²) in [4.78, 5) is 12.4. The largest absolute Gasteiger partial charge is 0.294 e. The van der Waals surface area contributed by atoms with E-state index in [2.05, 4.69) is 52.5 Å². The Hall–Kier alpha value is -1.63. The summed E-state index contributed by atoms with van der Waals surface area (Å²) in [6.07, 6.45) is 7.48. The Morgan fingerprint density at radius 2 is 2.05 bits per heavy atom. The third-order valence-electron chi connectivity index (χ3n) is 4.12. The zero-order chi connectivity index (χ0) is 15.8. The summed E-state index contributed by atoms with van der Waals surface area (Å²) in [5.74, 6) is 0.879. The van der Waals surface area contributed by atoms with Gasteiger partial charge >= 0.3 is 0 Å². The van der Waals surface area contributed by atoms with Crippen LogP contribution in [0.1, 0.15) is 49.8 Å². The average molecular weight is 284 g/mol. The number of rotatable bonds is 8. The fraction of sp³-hybridized carbons (Fsp3) is 0.450. The number of hydrogen-bond acceptors (Lipinski definition) is 1. The third-order valence-corrected chi connectivity index (χ3v) is 4.12. The molecule has 1 aromatic carbocycles. The summed E-state index contributed by atoms with van der Waals surface area (Å²) in [5, 5.41) is 0. The molecule has 1 aromatic rings. The van der Waals surface area contributed by atoms with E-state index >= 15 is 0 Å². The summed E-state index contributed by atoms with van der Waals surface area (Å²) in [7, 11) is 0. The van der Waals surface area contributed by atoms with Gasteiger partial charge in [0.25, 0.3) is 0 Å². The van der Waals surface area contributed by atoms with E-state index < -0.39 is 0 Å². The molecule has 114 valence electrons. The summed E-state index contributed by atoms with van der Waals surface area (Å²) >= 11 is 0. The van der Waals surface area contributed by atoms with Crippen molar-refractivity contribution < 1.29 is 4.79 Å². The maximum atomic E-state index is 12.4. The molecule has 0 heterocycles. The lowest BCUT2D eigenvalue weighted by molar-refractivity contribution is -0.114. The molecule has 0 saturated carbocycles. The fourth-order valence-electron chi connectivity index (χ4n) is 2.30. The molecule has 1 atom stereocenters. The van der Waals surface area contributed by atoms with Gasteiger partial charge in [0.15, 0.2) is 5.78 Å². The first kappa shape index (κ1) is 17.4. The highest BCUT2D eigenvalue weighted by Crippen LogP contribution is 2.16. The lowest BCUT2D eigenvalue weighted by Gasteiger charge is -2.08. The molecule has 0 aliphatic heterocycles. The molecule has 1 unspecified atom stereocenters. The van der Waals surface area contributed by atoms with Crippen LogP contribution in [0.5, 0.6) is 0 Å². The Morgan fingerprint density at radius 1 is 1.33 bits per heavy atom. The maximum absolute atomic E-state index is 12.4. The van der Waals surface area contributed by atoms with E-state index in [-0.39, 0.29) is 5.78 Å². The van der Waals surface area contributed by atoms with E-state index in [0.717, 1.165) is 24.0 Å². The van der Waals surface area contributed by atoms with Crippen LogP contribution in [-0.4, -0.2) is 5.78 Å². The number of Topliss-reactive ketones (excluding diaryl/α,β-unsaturated/α-hetero) is 1. The molecule has 0 saturated heterocycles. The molecule has 21 heavy (non-hydrogen) atoms. The second-order valence-corrected chi connectivity index (χ2v) is 5.98. The smallest absolute Gasteiger partial charge is 0.166 e. The SMILES string of the molecule is C=C/C(=C\CCC(C)CC)C(=O)Cc1cc(C)ccc1C. The topological polar surface area (TPSA) is 17.1 Å². The molecule has 0 amide bonds. The summed E-state index contributed by atoms with van der Waals surface area (Å²) in [5.41, 5.74) is 4.26. The molecule has 1 rings (SSSR count). The second-order valence-electron chi connectivity index (χ2n) is 5.98. The van der Waals surface area contributed by atoms with Crippen LogP contribution in [0.2, 0.25) is 0 Å². The van der Waals surface area contributed by atoms with Crippen LogP contribution >= 0.6 is 0 Å². The minimum Gasteiger partial charge on any atom is -0.294 e. The van der Waals surface area contributed by atoms with Crippen LogP contribution in [0.4, 0.5) is 0 Å².